The molecule has 0 aliphatic carbocycles. The van der Waals surface area contributed by atoms with Crippen LogP contribution in [0, 0.1) is 13.8 Å². The van der Waals surface area contributed by atoms with Gasteiger partial charge in [0.25, 0.3) is 5.91 Å². The number of amides is 1. The largest absolute Gasteiger partial charge is 0.335 e. The van der Waals surface area contributed by atoms with Gasteiger partial charge in [0.2, 0.25) is 10.0 Å². The van der Waals surface area contributed by atoms with Gasteiger partial charge in [-0.2, -0.15) is 4.31 Å². The first-order valence-corrected chi connectivity index (χ1v) is 10.7. The number of rotatable bonds is 4. The van der Waals surface area contributed by atoms with Gasteiger partial charge in [0.05, 0.1) is 4.90 Å². The fourth-order valence-corrected chi connectivity index (χ4v) is 4.98. The molecule has 1 amide bonds. The fourth-order valence-electron chi connectivity index (χ4n) is 2.82. The zero-order valence-corrected chi connectivity index (χ0v) is 16.4. The molecule has 3 rings (SSSR count). The van der Waals surface area contributed by atoms with E-state index in [4.69, 9.17) is 5.73 Å². The van der Waals surface area contributed by atoms with Crippen molar-refractivity contribution in [1.29, 1.82) is 0 Å². The second kappa shape index (κ2) is 7.43. The molecule has 9 heteroatoms. The van der Waals surface area contributed by atoms with Gasteiger partial charge in [-0.05, 0) is 37.1 Å². The summed E-state index contributed by atoms with van der Waals surface area (Å²) in [6.07, 6.45) is 0. The van der Waals surface area contributed by atoms with Crippen LogP contribution in [0.3, 0.4) is 0 Å². The number of nitrogens with two attached hydrogens (primary N) is 1. The predicted molar refractivity (Wildman–Crippen MR) is 101 cm³/mol. The van der Waals surface area contributed by atoms with E-state index in [1.807, 2.05) is 19.9 Å². The quantitative estimate of drug-likeness (QED) is 0.845. The number of carbonyl (C=O) groups excluding carboxylic acids is 1. The molecule has 0 bridgehead atoms. The summed E-state index contributed by atoms with van der Waals surface area (Å²) in [5, 5.41) is 2.41. The summed E-state index contributed by atoms with van der Waals surface area (Å²) < 4.78 is 27.1. The highest BCUT2D eigenvalue weighted by Crippen LogP contribution is 2.21. The summed E-state index contributed by atoms with van der Waals surface area (Å²) in [7, 11) is -3.55. The number of aromatic nitrogens is 1. The van der Waals surface area contributed by atoms with Gasteiger partial charge in [-0.25, -0.2) is 13.4 Å². The molecule has 1 aliphatic rings. The smallest absolute Gasteiger partial charge is 0.273 e. The van der Waals surface area contributed by atoms with Crippen LogP contribution < -0.4 is 5.73 Å². The van der Waals surface area contributed by atoms with Crippen LogP contribution in [0.1, 0.15) is 26.6 Å². The van der Waals surface area contributed by atoms with Crippen molar-refractivity contribution in [3.05, 3.63) is 45.4 Å². The SMILES string of the molecule is Cc1ccc(S(=O)(=O)N2CCN(C(=O)c3csc(CN)n3)CC2)cc1C. The fraction of sp³-hybridized carbons (Fsp3) is 0.412. The lowest BCUT2D eigenvalue weighted by molar-refractivity contribution is 0.0692. The van der Waals surface area contributed by atoms with Gasteiger partial charge in [0.15, 0.2) is 0 Å². The Bertz CT molecular complexity index is 916. The van der Waals surface area contributed by atoms with Crippen LogP contribution in [-0.4, -0.2) is 54.7 Å². The topological polar surface area (TPSA) is 96.6 Å². The molecule has 1 saturated heterocycles. The van der Waals surface area contributed by atoms with Crippen molar-refractivity contribution in [1.82, 2.24) is 14.2 Å². The molecule has 2 N–H and O–H groups in total. The number of hydrogen-bond donors (Lipinski definition) is 1. The summed E-state index contributed by atoms with van der Waals surface area (Å²) in [6.45, 7) is 5.39. The summed E-state index contributed by atoms with van der Waals surface area (Å²) in [5.41, 5.74) is 7.91. The maximum Gasteiger partial charge on any atom is 0.273 e. The predicted octanol–water partition coefficient (Wildman–Crippen LogP) is 1.37. The first-order chi connectivity index (χ1) is 12.3. The Morgan fingerprint density at radius 2 is 1.88 bits per heavy atom. The number of nitrogens with zero attached hydrogens (tertiary/aromatic N) is 3. The third kappa shape index (κ3) is 3.66. The Kier molecular flexibility index (Phi) is 5.42. The Balaban J connectivity index is 1.69. The van der Waals surface area contributed by atoms with E-state index in [0.717, 1.165) is 11.1 Å². The van der Waals surface area contributed by atoms with E-state index in [9.17, 15) is 13.2 Å². The van der Waals surface area contributed by atoms with Crippen LogP contribution in [0.5, 0.6) is 0 Å². The van der Waals surface area contributed by atoms with E-state index in [0.29, 0.717) is 35.2 Å². The molecule has 2 aromatic rings. The molecular weight excluding hydrogens is 372 g/mol. The minimum atomic E-state index is -3.55. The van der Waals surface area contributed by atoms with Crippen molar-refractivity contribution in [2.75, 3.05) is 26.2 Å². The standard InChI is InChI=1S/C17H22N4O3S2/c1-12-3-4-14(9-13(12)2)26(23,24)21-7-5-20(6-8-21)17(22)15-11-25-16(10-18)19-15/h3-4,9,11H,5-8,10,18H2,1-2H3. The zero-order chi connectivity index (χ0) is 18.9. The molecule has 0 unspecified atom stereocenters. The summed E-state index contributed by atoms with van der Waals surface area (Å²) in [5.74, 6) is -0.177. The highest BCUT2D eigenvalue weighted by Gasteiger charge is 2.31. The van der Waals surface area contributed by atoms with Crippen molar-refractivity contribution < 1.29 is 13.2 Å². The summed E-state index contributed by atoms with van der Waals surface area (Å²) in [4.78, 5) is 18.6. The Morgan fingerprint density at radius 1 is 1.19 bits per heavy atom. The van der Waals surface area contributed by atoms with Crippen molar-refractivity contribution in [2.24, 2.45) is 5.73 Å². The second-order valence-corrected chi connectivity index (χ2v) is 9.15. The minimum Gasteiger partial charge on any atom is -0.335 e. The summed E-state index contributed by atoms with van der Waals surface area (Å²) in [6, 6.07) is 5.16. The van der Waals surface area contributed by atoms with Gasteiger partial charge in [0.1, 0.15) is 10.7 Å². The monoisotopic (exact) mass is 394 g/mol. The third-order valence-electron chi connectivity index (χ3n) is 4.59. The Hall–Kier alpha value is -1.81. The average molecular weight is 395 g/mol. The summed E-state index contributed by atoms with van der Waals surface area (Å²) >= 11 is 1.36. The van der Waals surface area contributed by atoms with Gasteiger partial charge < -0.3 is 10.6 Å². The molecular formula is C17H22N4O3S2. The first-order valence-electron chi connectivity index (χ1n) is 8.34. The van der Waals surface area contributed by atoms with Gasteiger partial charge in [-0.3, -0.25) is 4.79 Å². The molecule has 0 radical (unpaired) electrons. The maximum atomic E-state index is 12.8. The molecule has 2 heterocycles. The number of benzene rings is 1. The molecule has 0 atom stereocenters. The van der Waals surface area contributed by atoms with Crippen LogP contribution in [0.15, 0.2) is 28.5 Å². The van der Waals surface area contributed by atoms with Gasteiger partial charge in [-0.15, -0.1) is 11.3 Å². The van der Waals surface area contributed by atoms with E-state index in [2.05, 4.69) is 4.98 Å². The molecule has 1 aromatic heterocycles. The number of piperazine rings is 1. The van der Waals surface area contributed by atoms with Crippen LogP contribution in [-0.2, 0) is 16.6 Å². The van der Waals surface area contributed by atoms with Crippen molar-refractivity contribution >= 4 is 27.3 Å². The highest BCUT2D eigenvalue weighted by atomic mass is 32.2. The number of hydrogen-bond acceptors (Lipinski definition) is 6. The molecule has 140 valence electrons. The van der Waals surface area contributed by atoms with Gasteiger partial charge in [-0.1, -0.05) is 6.07 Å². The van der Waals surface area contributed by atoms with Gasteiger partial charge >= 0.3 is 0 Å². The zero-order valence-electron chi connectivity index (χ0n) is 14.8. The van der Waals surface area contributed by atoms with Crippen molar-refractivity contribution in [2.45, 2.75) is 25.3 Å². The molecule has 7 nitrogen and oxygen atoms in total. The van der Waals surface area contributed by atoms with E-state index < -0.39 is 10.0 Å². The number of thiazole rings is 1. The van der Waals surface area contributed by atoms with E-state index in [-0.39, 0.29) is 19.0 Å². The molecule has 1 fully saturated rings. The van der Waals surface area contributed by atoms with Crippen LogP contribution in [0.25, 0.3) is 0 Å². The normalized spacial score (nSPS) is 16.0. The maximum absolute atomic E-state index is 12.8. The molecule has 26 heavy (non-hydrogen) atoms. The molecule has 1 aromatic carbocycles. The van der Waals surface area contributed by atoms with Gasteiger partial charge in [0, 0.05) is 38.1 Å². The van der Waals surface area contributed by atoms with E-state index in [1.54, 1.807) is 22.4 Å². The lowest BCUT2D eigenvalue weighted by Crippen LogP contribution is -2.50. The Morgan fingerprint density at radius 3 is 2.46 bits per heavy atom. The van der Waals surface area contributed by atoms with Crippen molar-refractivity contribution in [3.8, 4) is 0 Å². The molecule has 0 spiro atoms. The number of carbonyl (C=O) groups is 1. The second-order valence-electron chi connectivity index (χ2n) is 6.27. The molecule has 0 saturated carbocycles. The van der Waals surface area contributed by atoms with Crippen LogP contribution in [0.4, 0.5) is 0 Å². The minimum absolute atomic E-state index is 0.177. The number of aryl methyl sites for hydroxylation is 2. The Labute approximate surface area is 157 Å². The lowest BCUT2D eigenvalue weighted by atomic mass is 10.1. The number of sulfonamides is 1. The van der Waals surface area contributed by atoms with E-state index >= 15 is 0 Å². The molecule has 1 aliphatic heterocycles. The van der Waals surface area contributed by atoms with Crippen LogP contribution >= 0.6 is 11.3 Å². The van der Waals surface area contributed by atoms with Crippen LogP contribution in [0.2, 0.25) is 0 Å². The highest BCUT2D eigenvalue weighted by molar-refractivity contribution is 7.89. The lowest BCUT2D eigenvalue weighted by Gasteiger charge is -2.33. The third-order valence-corrected chi connectivity index (χ3v) is 7.35. The van der Waals surface area contributed by atoms with Crippen molar-refractivity contribution in [3.63, 3.8) is 0 Å². The van der Waals surface area contributed by atoms with E-state index in [1.165, 1.54) is 15.6 Å². The first kappa shape index (κ1) is 19.0. The average Bonchev–Trinajstić information content (AvgIpc) is 3.12.